The molecule has 1 aromatic heterocycles. The lowest BCUT2D eigenvalue weighted by atomic mass is 10.2. The van der Waals surface area contributed by atoms with Crippen molar-refractivity contribution in [2.75, 3.05) is 12.4 Å². The van der Waals surface area contributed by atoms with E-state index in [4.69, 9.17) is 9.84 Å². The second-order valence-electron chi connectivity index (χ2n) is 3.68. The van der Waals surface area contributed by atoms with Crippen molar-refractivity contribution in [1.29, 1.82) is 0 Å². The van der Waals surface area contributed by atoms with Gasteiger partial charge in [0.25, 0.3) is 0 Å². The number of aromatic nitrogens is 1. The van der Waals surface area contributed by atoms with E-state index in [0.29, 0.717) is 11.4 Å². The van der Waals surface area contributed by atoms with E-state index in [-0.39, 0.29) is 11.4 Å². The highest BCUT2D eigenvalue weighted by Crippen LogP contribution is 2.27. The van der Waals surface area contributed by atoms with Crippen molar-refractivity contribution < 1.29 is 19.0 Å². The van der Waals surface area contributed by atoms with E-state index in [0.717, 1.165) is 12.3 Å². The number of para-hydroxylation sites is 2. The normalized spacial score (nSPS) is 10.0. The number of hydrogen-bond acceptors (Lipinski definition) is 4. The van der Waals surface area contributed by atoms with Gasteiger partial charge in [0.1, 0.15) is 22.9 Å². The zero-order valence-corrected chi connectivity index (χ0v) is 10.1. The van der Waals surface area contributed by atoms with E-state index < -0.39 is 11.8 Å². The van der Waals surface area contributed by atoms with Crippen molar-refractivity contribution in [2.45, 2.75) is 0 Å². The molecule has 0 aliphatic carbocycles. The highest BCUT2D eigenvalue weighted by atomic mass is 19.1. The van der Waals surface area contributed by atoms with E-state index in [2.05, 4.69) is 10.3 Å². The van der Waals surface area contributed by atoms with Crippen molar-refractivity contribution >= 4 is 17.5 Å². The van der Waals surface area contributed by atoms with Gasteiger partial charge in [0.2, 0.25) is 0 Å². The fraction of sp³-hybridized carbons (Fsp3) is 0.0769. The SMILES string of the molecule is COc1ccccc1Nc1ncc(F)cc1C(=O)O. The quantitative estimate of drug-likeness (QED) is 0.886. The van der Waals surface area contributed by atoms with E-state index in [1.807, 2.05) is 0 Å². The molecule has 0 aliphatic rings. The number of pyridine rings is 1. The van der Waals surface area contributed by atoms with E-state index >= 15 is 0 Å². The summed E-state index contributed by atoms with van der Waals surface area (Å²) >= 11 is 0. The monoisotopic (exact) mass is 262 g/mol. The van der Waals surface area contributed by atoms with Gasteiger partial charge in [-0.1, -0.05) is 12.1 Å². The highest BCUT2D eigenvalue weighted by molar-refractivity contribution is 5.94. The van der Waals surface area contributed by atoms with Crippen LogP contribution in [0.2, 0.25) is 0 Å². The predicted molar refractivity (Wildman–Crippen MR) is 67.4 cm³/mol. The second kappa shape index (κ2) is 5.34. The maximum Gasteiger partial charge on any atom is 0.339 e. The minimum atomic E-state index is -1.26. The first-order valence-electron chi connectivity index (χ1n) is 5.40. The molecule has 0 radical (unpaired) electrons. The van der Waals surface area contributed by atoms with E-state index in [1.54, 1.807) is 24.3 Å². The summed E-state index contributed by atoms with van der Waals surface area (Å²) in [5.41, 5.74) is 0.303. The van der Waals surface area contributed by atoms with Gasteiger partial charge in [-0.05, 0) is 18.2 Å². The van der Waals surface area contributed by atoms with Gasteiger partial charge in [-0.3, -0.25) is 0 Å². The molecule has 0 unspecified atom stereocenters. The number of rotatable bonds is 4. The summed E-state index contributed by atoms with van der Waals surface area (Å²) in [7, 11) is 1.50. The summed E-state index contributed by atoms with van der Waals surface area (Å²) in [6.07, 6.45) is 0.949. The lowest BCUT2D eigenvalue weighted by Crippen LogP contribution is -2.06. The van der Waals surface area contributed by atoms with Crippen molar-refractivity contribution in [3.63, 3.8) is 0 Å². The zero-order valence-electron chi connectivity index (χ0n) is 10.1. The number of carboxylic acid groups (broad SMARTS) is 1. The Hall–Kier alpha value is -2.63. The first-order valence-corrected chi connectivity index (χ1v) is 5.40. The van der Waals surface area contributed by atoms with Gasteiger partial charge in [0.05, 0.1) is 19.0 Å². The Kier molecular flexibility index (Phi) is 3.61. The van der Waals surface area contributed by atoms with Crippen LogP contribution in [0.1, 0.15) is 10.4 Å². The number of anilines is 2. The molecule has 0 fully saturated rings. The Morgan fingerprint density at radius 1 is 1.42 bits per heavy atom. The smallest absolute Gasteiger partial charge is 0.339 e. The number of aromatic carboxylic acids is 1. The van der Waals surface area contributed by atoms with Crippen LogP contribution in [0.3, 0.4) is 0 Å². The number of ether oxygens (including phenoxy) is 1. The molecular weight excluding hydrogens is 251 g/mol. The number of nitrogens with one attached hydrogen (secondary N) is 1. The van der Waals surface area contributed by atoms with Gasteiger partial charge in [0.15, 0.2) is 0 Å². The summed E-state index contributed by atoms with van der Waals surface area (Å²) in [5.74, 6) is -1.38. The van der Waals surface area contributed by atoms with Gasteiger partial charge in [0, 0.05) is 0 Å². The van der Waals surface area contributed by atoms with Gasteiger partial charge >= 0.3 is 5.97 Å². The summed E-state index contributed by atoms with van der Waals surface area (Å²) in [6.45, 7) is 0. The van der Waals surface area contributed by atoms with Crippen LogP contribution in [-0.2, 0) is 0 Å². The second-order valence-corrected chi connectivity index (χ2v) is 3.68. The minimum absolute atomic E-state index is 0.0541. The molecule has 5 nitrogen and oxygen atoms in total. The topological polar surface area (TPSA) is 71.5 Å². The predicted octanol–water partition coefficient (Wildman–Crippen LogP) is 2.67. The van der Waals surface area contributed by atoms with E-state index in [9.17, 15) is 9.18 Å². The molecule has 0 spiro atoms. The molecule has 2 aromatic rings. The van der Waals surface area contributed by atoms with Crippen molar-refractivity contribution in [3.05, 3.63) is 47.9 Å². The standard InChI is InChI=1S/C13H11FN2O3/c1-19-11-5-3-2-4-10(11)16-12-9(13(17)18)6-8(14)7-15-12/h2-7H,1H3,(H,15,16)(H,17,18). The first kappa shape index (κ1) is 12.8. The number of carbonyl (C=O) groups is 1. The summed E-state index contributed by atoms with van der Waals surface area (Å²) < 4.78 is 18.1. The fourth-order valence-electron chi connectivity index (χ4n) is 1.58. The molecule has 1 heterocycles. The molecular formula is C13H11FN2O3. The minimum Gasteiger partial charge on any atom is -0.495 e. The zero-order chi connectivity index (χ0) is 13.8. The van der Waals surface area contributed by atoms with Crippen LogP contribution in [0.4, 0.5) is 15.9 Å². The maximum atomic E-state index is 13.0. The van der Waals surface area contributed by atoms with Gasteiger partial charge < -0.3 is 15.2 Å². The Bertz CT molecular complexity index is 617. The molecule has 19 heavy (non-hydrogen) atoms. The first-order chi connectivity index (χ1) is 9.11. The number of halogens is 1. The number of nitrogens with zero attached hydrogens (tertiary/aromatic N) is 1. The maximum absolute atomic E-state index is 13.0. The third-order valence-electron chi connectivity index (χ3n) is 2.44. The molecule has 0 saturated carbocycles. The Morgan fingerprint density at radius 2 is 2.16 bits per heavy atom. The molecule has 1 aromatic carbocycles. The molecule has 98 valence electrons. The molecule has 2 N–H and O–H groups in total. The molecule has 0 saturated heterocycles. The molecule has 0 atom stereocenters. The molecule has 2 rings (SSSR count). The highest BCUT2D eigenvalue weighted by Gasteiger charge is 2.14. The van der Waals surface area contributed by atoms with Crippen LogP contribution < -0.4 is 10.1 Å². The van der Waals surface area contributed by atoms with Crippen LogP contribution in [0.25, 0.3) is 0 Å². The van der Waals surface area contributed by atoms with Crippen molar-refractivity contribution in [1.82, 2.24) is 4.98 Å². The molecule has 0 amide bonds. The largest absolute Gasteiger partial charge is 0.495 e. The average molecular weight is 262 g/mol. The van der Waals surface area contributed by atoms with Crippen LogP contribution in [0.5, 0.6) is 5.75 Å². The van der Waals surface area contributed by atoms with Crippen molar-refractivity contribution in [3.8, 4) is 5.75 Å². The third-order valence-corrected chi connectivity index (χ3v) is 2.44. The van der Waals surface area contributed by atoms with Gasteiger partial charge in [-0.15, -0.1) is 0 Å². The van der Waals surface area contributed by atoms with Gasteiger partial charge in [-0.2, -0.15) is 0 Å². The molecule has 0 bridgehead atoms. The summed E-state index contributed by atoms with van der Waals surface area (Å²) in [4.78, 5) is 14.8. The Balaban J connectivity index is 2.41. The number of benzene rings is 1. The Labute approximate surface area is 108 Å². The van der Waals surface area contributed by atoms with Gasteiger partial charge in [-0.25, -0.2) is 14.2 Å². The molecule has 0 aliphatic heterocycles. The average Bonchev–Trinajstić information content (AvgIpc) is 2.41. The van der Waals surface area contributed by atoms with Crippen LogP contribution in [0, 0.1) is 5.82 Å². The fourth-order valence-corrected chi connectivity index (χ4v) is 1.58. The lowest BCUT2D eigenvalue weighted by molar-refractivity contribution is 0.0697. The summed E-state index contributed by atoms with van der Waals surface area (Å²) in [6, 6.07) is 7.86. The Morgan fingerprint density at radius 3 is 2.84 bits per heavy atom. The third kappa shape index (κ3) is 2.79. The van der Waals surface area contributed by atoms with Crippen LogP contribution in [-0.4, -0.2) is 23.2 Å². The summed E-state index contributed by atoms with van der Waals surface area (Å²) in [5, 5.41) is 11.8. The number of carboxylic acids is 1. The number of hydrogen-bond donors (Lipinski definition) is 2. The van der Waals surface area contributed by atoms with E-state index in [1.165, 1.54) is 7.11 Å². The van der Waals surface area contributed by atoms with Crippen LogP contribution in [0.15, 0.2) is 36.5 Å². The molecule has 6 heteroatoms. The van der Waals surface area contributed by atoms with Crippen molar-refractivity contribution in [2.24, 2.45) is 0 Å². The lowest BCUT2D eigenvalue weighted by Gasteiger charge is -2.11. The number of methoxy groups -OCH3 is 1. The van der Waals surface area contributed by atoms with Crippen LogP contribution >= 0.6 is 0 Å².